The van der Waals surface area contributed by atoms with Crippen molar-refractivity contribution in [1.29, 1.82) is 0 Å². The quantitative estimate of drug-likeness (QED) is 0.401. The monoisotopic (exact) mass is 358 g/mol. The van der Waals surface area contributed by atoms with Gasteiger partial charge in [0.1, 0.15) is 17.4 Å². The molecule has 1 unspecified atom stereocenters. The first kappa shape index (κ1) is 20.9. The predicted molar refractivity (Wildman–Crippen MR) is 112 cm³/mol. The highest BCUT2D eigenvalue weighted by atomic mass is 16.5. The number of hydrogen-bond donors (Lipinski definition) is 0. The van der Waals surface area contributed by atoms with Gasteiger partial charge in [-0.25, -0.2) is 0 Å². The van der Waals surface area contributed by atoms with Crippen LogP contribution in [0.3, 0.4) is 0 Å². The molecule has 0 aliphatic carbocycles. The molecule has 0 saturated carbocycles. The Morgan fingerprint density at radius 3 is 2.31 bits per heavy atom. The summed E-state index contributed by atoms with van der Waals surface area (Å²) in [5.41, 5.74) is 1.18. The van der Waals surface area contributed by atoms with Crippen LogP contribution in [0.5, 0.6) is 5.75 Å². The summed E-state index contributed by atoms with van der Waals surface area (Å²) in [7, 11) is 0. The van der Waals surface area contributed by atoms with Crippen LogP contribution in [-0.2, 0) is 0 Å². The normalized spacial score (nSPS) is 13.9. The third-order valence-electron chi connectivity index (χ3n) is 6.26. The van der Waals surface area contributed by atoms with Gasteiger partial charge >= 0.3 is 0 Å². The van der Waals surface area contributed by atoms with Crippen LogP contribution in [0.2, 0.25) is 0 Å². The average molecular weight is 359 g/mol. The topological polar surface area (TPSA) is 22.4 Å². The Bertz CT molecular complexity index is 660. The van der Waals surface area contributed by atoms with Gasteiger partial charge in [0.15, 0.2) is 0 Å². The van der Waals surface area contributed by atoms with Crippen molar-refractivity contribution < 1.29 is 9.15 Å². The molecule has 0 spiro atoms. The summed E-state index contributed by atoms with van der Waals surface area (Å²) in [6, 6.07) is 8.15. The van der Waals surface area contributed by atoms with E-state index in [-0.39, 0.29) is 16.9 Å². The van der Waals surface area contributed by atoms with Crippen molar-refractivity contribution in [2.75, 3.05) is 0 Å². The van der Waals surface area contributed by atoms with Crippen molar-refractivity contribution in [3.63, 3.8) is 0 Å². The van der Waals surface area contributed by atoms with Crippen molar-refractivity contribution in [2.24, 2.45) is 10.8 Å². The maximum Gasteiger partial charge on any atom is 0.134 e. The number of rotatable bonds is 10. The molecule has 146 valence electrons. The molecule has 0 fully saturated rings. The van der Waals surface area contributed by atoms with Crippen molar-refractivity contribution in [2.45, 2.75) is 92.6 Å². The number of unbranched alkanes of at least 4 members (excludes halogenated alkanes) is 5. The molecule has 2 rings (SSSR count). The van der Waals surface area contributed by atoms with Crippen LogP contribution < -0.4 is 4.74 Å². The van der Waals surface area contributed by atoms with E-state index in [1.165, 1.54) is 38.5 Å². The van der Waals surface area contributed by atoms with E-state index in [4.69, 9.17) is 9.15 Å². The van der Waals surface area contributed by atoms with Crippen LogP contribution in [0, 0.1) is 10.8 Å². The second kappa shape index (κ2) is 8.97. The van der Waals surface area contributed by atoms with E-state index >= 15 is 0 Å². The zero-order valence-electron chi connectivity index (χ0n) is 17.7. The number of fused-ring (bicyclic) bond motifs is 1. The molecule has 1 atom stereocenters. The Balaban J connectivity index is 2.06. The Morgan fingerprint density at radius 1 is 0.923 bits per heavy atom. The fourth-order valence-corrected chi connectivity index (χ4v) is 3.34. The molecule has 0 aliphatic rings. The Morgan fingerprint density at radius 2 is 1.62 bits per heavy atom. The lowest BCUT2D eigenvalue weighted by atomic mass is 9.65. The third-order valence-corrected chi connectivity index (χ3v) is 6.26. The first-order valence-electron chi connectivity index (χ1n) is 10.4. The molecule has 0 saturated heterocycles. The van der Waals surface area contributed by atoms with Crippen molar-refractivity contribution in [1.82, 2.24) is 0 Å². The second-order valence-corrected chi connectivity index (χ2v) is 9.25. The molecule has 0 radical (unpaired) electrons. The average Bonchev–Trinajstić information content (AvgIpc) is 3.03. The van der Waals surface area contributed by atoms with Gasteiger partial charge in [0.2, 0.25) is 0 Å². The summed E-state index contributed by atoms with van der Waals surface area (Å²) in [5, 5.41) is 1.11. The molecule has 2 nitrogen and oxygen atoms in total. The van der Waals surface area contributed by atoms with E-state index in [0.29, 0.717) is 0 Å². The zero-order valence-corrected chi connectivity index (χ0v) is 17.7. The van der Waals surface area contributed by atoms with Gasteiger partial charge < -0.3 is 9.15 Å². The fraction of sp³-hybridized carbons (Fsp3) is 0.667. The SMILES string of the molecule is CCCCCCCCC(Oc1ccc2occc2c1)C(C)(C)C(C)(C)C. The first-order valence-corrected chi connectivity index (χ1v) is 10.4. The number of furan rings is 1. The smallest absolute Gasteiger partial charge is 0.134 e. The fourth-order valence-electron chi connectivity index (χ4n) is 3.34. The van der Waals surface area contributed by atoms with Crippen molar-refractivity contribution in [3.8, 4) is 5.75 Å². The van der Waals surface area contributed by atoms with Gasteiger partial charge in [-0.15, -0.1) is 0 Å². The standard InChI is InChI=1S/C24H38O2/c1-7-8-9-10-11-12-13-22(24(5,6)23(2,3)4)26-20-14-15-21-19(18-20)16-17-25-21/h14-18,22H,7-13H2,1-6H3. The van der Waals surface area contributed by atoms with Gasteiger partial charge in [0.25, 0.3) is 0 Å². The minimum absolute atomic E-state index is 0.0851. The first-order chi connectivity index (χ1) is 12.3. The van der Waals surface area contributed by atoms with E-state index in [1.54, 1.807) is 6.26 Å². The largest absolute Gasteiger partial charge is 0.490 e. The van der Waals surface area contributed by atoms with Crippen LogP contribution in [-0.4, -0.2) is 6.10 Å². The number of ether oxygens (including phenoxy) is 1. The summed E-state index contributed by atoms with van der Waals surface area (Å²) in [4.78, 5) is 0. The Labute approximate surface area is 160 Å². The number of benzene rings is 1. The van der Waals surface area contributed by atoms with E-state index < -0.39 is 0 Å². The zero-order chi connectivity index (χ0) is 19.2. The molecule has 0 N–H and O–H groups in total. The Kier molecular flexibility index (Phi) is 7.20. The number of hydrogen-bond acceptors (Lipinski definition) is 2. The minimum Gasteiger partial charge on any atom is -0.490 e. The molecule has 2 heteroatoms. The van der Waals surface area contributed by atoms with E-state index in [2.05, 4.69) is 47.6 Å². The molecular weight excluding hydrogens is 320 g/mol. The van der Waals surface area contributed by atoms with E-state index in [9.17, 15) is 0 Å². The molecular formula is C24H38O2. The molecule has 2 aromatic rings. The summed E-state index contributed by atoms with van der Waals surface area (Å²) in [6.45, 7) is 13.9. The summed E-state index contributed by atoms with van der Waals surface area (Å²) in [6.07, 6.45) is 11.0. The van der Waals surface area contributed by atoms with Gasteiger partial charge in [-0.2, -0.15) is 0 Å². The van der Waals surface area contributed by atoms with Gasteiger partial charge in [-0.1, -0.05) is 73.6 Å². The van der Waals surface area contributed by atoms with Crippen LogP contribution in [0.4, 0.5) is 0 Å². The summed E-state index contributed by atoms with van der Waals surface area (Å²) in [5.74, 6) is 0.951. The van der Waals surface area contributed by atoms with Crippen molar-refractivity contribution in [3.05, 3.63) is 30.5 Å². The van der Waals surface area contributed by atoms with Gasteiger partial charge in [0.05, 0.1) is 6.26 Å². The molecule has 0 bridgehead atoms. The van der Waals surface area contributed by atoms with Crippen LogP contribution in [0.25, 0.3) is 11.0 Å². The molecule has 0 aliphatic heterocycles. The van der Waals surface area contributed by atoms with E-state index in [0.717, 1.165) is 23.1 Å². The van der Waals surface area contributed by atoms with Crippen LogP contribution in [0.15, 0.2) is 34.9 Å². The highest BCUT2D eigenvalue weighted by molar-refractivity contribution is 5.78. The highest BCUT2D eigenvalue weighted by Crippen LogP contribution is 2.44. The lowest BCUT2D eigenvalue weighted by Gasteiger charge is -2.45. The predicted octanol–water partition coefficient (Wildman–Crippen LogP) is 8.00. The maximum atomic E-state index is 6.57. The Hall–Kier alpha value is -1.44. The third kappa shape index (κ3) is 5.28. The van der Waals surface area contributed by atoms with Crippen LogP contribution >= 0.6 is 0 Å². The van der Waals surface area contributed by atoms with Crippen LogP contribution in [0.1, 0.15) is 86.5 Å². The molecule has 1 heterocycles. The van der Waals surface area contributed by atoms with Gasteiger partial charge in [-0.05, 0) is 42.5 Å². The molecule has 1 aromatic carbocycles. The summed E-state index contributed by atoms with van der Waals surface area (Å²) >= 11 is 0. The lowest BCUT2D eigenvalue weighted by Crippen LogP contribution is -2.44. The highest BCUT2D eigenvalue weighted by Gasteiger charge is 2.41. The van der Waals surface area contributed by atoms with Crippen molar-refractivity contribution >= 4 is 11.0 Å². The van der Waals surface area contributed by atoms with Gasteiger partial charge in [0, 0.05) is 10.8 Å². The lowest BCUT2D eigenvalue weighted by molar-refractivity contribution is -0.0165. The second-order valence-electron chi connectivity index (χ2n) is 9.25. The molecule has 0 amide bonds. The maximum absolute atomic E-state index is 6.57. The molecule has 26 heavy (non-hydrogen) atoms. The molecule has 1 aromatic heterocycles. The van der Waals surface area contributed by atoms with E-state index in [1.807, 2.05) is 18.2 Å². The minimum atomic E-state index is 0.0851. The van der Waals surface area contributed by atoms with Gasteiger partial charge in [-0.3, -0.25) is 0 Å². The summed E-state index contributed by atoms with van der Waals surface area (Å²) < 4.78 is 12.0.